The topological polar surface area (TPSA) is 64.7 Å². The monoisotopic (exact) mass is 325 g/mol. The summed E-state index contributed by atoms with van der Waals surface area (Å²) in [6.45, 7) is 5.06. The van der Waals surface area contributed by atoms with Crippen molar-refractivity contribution in [2.75, 3.05) is 0 Å². The zero-order valence-electron chi connectivity index (χ0n) is 11.1. The van der Waals surface area contributed by atoms with Gasteiger partial charge in [-0.15, -0.1) is 0 Å². The zero-order valence-corrected chi connectivity index (χ0v) is 12.7. The second-order valence-electron chi connectivity index (χ2n) is 4.26. The molecule has 2 aromatic rings. The number of rotatable bonds is 4. The standard InChI is InChI=1S/C12H16BrN5O/c1-4-18-7-10(13)11(16-18)12(19)14-6-9-5-8(2)17(3)15-9/h5,7H,4,6H2,1-3H3,(H,14,19). The number of carbonyl (C=O) groups excluding carboxylic acids is 1. The first-order valence-corrected chi connectivity index (χ1v) is 6.81. The maximum atomic E-state index is 12.0. The number of carbonyl (C=O) groups is 1. The molecule has 0 radical (unpaired) electrons. The molecule has 2 heterocycles. The number of nitrogens with zero attached hydrogens (tertiary/aromatic N) is 4. The maximum Gasteiger partial charge on any atom is 0.273 e. The number of aromatic nitrogens is 4. The lowest BCUT2D eigenvalue weighted by molar-refractivity contribution is 0.0943. The highest BCUT2D eigenvalue weighted by molar-refractivity contribution is 9.10. The van der Waals surface area contributed by atoms with Crippen molar-refractivity contribution in [3.8, 4) is 0 Å². The van der Waals surface area contributed by atoms with Gasteiger partial charge < -0.3 is 5.32 Å². The second kappa shape index (κ2) is 5.56. The minimum absolute atomic E-state index is 0.206. The Labute approximate surface area is 119 Å². The summed E-state index contributed by atoms with van der Waals surface area (Å²) in [5.41, 5.74) is 2.29. The van der Waals surface area contributed by atoms with E-state index in [2.05, 4.69) is 31.4 Å². The van der Waals surface area contributed by atoms with Gasteiger partial charge in [0.1, 0.15) is 0 Å². The SMILES string of the molecule is CCn1cc(Br)c(C(=O)NCc2cc(C)n(C)n2)n1. The zero-order chi connectivity index (χ0) is 14.0. The highest BCUT2D eigenvalue weighted by Gasteiger charge is 2.15. The van der Waals surface area contributed by atoms with Gasteiger partial charge in [0, 0.05) is 25.5 Å². The van der Waals surface area contributed by atoms with Crippen molar-refractivity contribution in [2.24, 2.45) is 7.05 Å². The van der Waals surface area contributed by atoms with E-state index < -0.39 is 0 Å². The number of amides is 1. The third-order valence-electron chi connectivity index (χ3n) is 2.85. The van der Waals surface area contributed by atoms with Crippen molar-refractivity contribution >= 4 is 21.8 Å². The Balaban J connectivity index is 2.02. The summed E-state index contributed by atoms with van der Waals surface area (Å²) in [6.07, 6.45) is 1.79. The van der Waals surface area contributed by atoms with Crippen LogP contribution in [0.15, 0.2) is 16.7 Å². The van der Waals surface area contributed by atoms with E-state index in [0.717, 1.165) is 17.9 Å². The molecule has 7 heteroatoms. The molecular weight excluding hydrogens is 310 g/mol. The maximum absolute atomic E-state index is 12.0. The molecule has 0 saturated carbocycles. The summed E-state index contributed by atoms with van der Waals surface area (Å²) in [4.78, 5) is 12.0. The van der Waals surface area contributed by atoms with E-state index in [1.165, 1.54) is 0 Å². The van der Waals surface area contributed by atoms with Gasteiger partial charge in [0.25, 0.3) is 5.91 Å². The van der Waals surface area contributed by atoms with Crippen molar-refractivity contribution < 1.29 is 4.79 Å². The fraction of sp³-hybridized carbons (Fsp3) is 0.417. The van der Waals surface area contributed by atoms with Gasteiger partial charge in [-0.05, 0) is 35.8 Å². The third kappa shape index (κ3) is 3.04. The van der Waals surface area contributed by atoms with Crippen LogP contribution in [0.1, 0.15) is 28.8 Å². The van der Waals surface area contributed by atoms with E-state index in [0.29, 0.717) is 16.7 Å². The Morgan fingerprint density at radius 1 is 1.47 bits per heavy atom. The van der Waals surface area contributed by atoms with Gasteiger partial charge in [0.2, 0.25) is 0 Å². The quantitative estimate of drug-likeness (QED) is 0.929. The molecule has 0 saturated heterocycles. The van der Waals surface area contributed by atoms with Crippen molar-refractivity contribution in [1.29, 1.82) is 0 Å². The highest BCUT2D eigenvalue weighted by Crippen LogP contribution is 2.14. The largest absolute Gasteiger partial charge is 0.345 e. The molecule has 0 bridgehead atoms. The van der Waals surface area contributed by atoms with Gasteiger partial charge in [0.15, 0.2) is 5.69 Å². The first-order chi connectivity index (χ1) is 9.01. The van der Waals surface area contributed by atoms with Gasteiger partial charge in [-0.2, -0.15) is 10.2 Å². The van der Waals surface area contributed by atoms with Crippen LogP contribution in [0.5, 0.6) is 0 Å². The van der Waals surface area contributed by atoms with Crippen LogP contribution in [0.4, 0.5) is 0 Å². The fourth-order valence-electron chi connectivity index (χ4n) is 1.69. The molecular formula is C12H16BrN5O. The van der Waals surface area contributed by atoms with E-state index in [4.69, 9.17) is 0 Å². The molecule has 6 nitrogen and oxygen atoms in total. The van der Waals surface area contributed by atoms with Crippen LogP contribution in [0.3, 0.4) is 0 Å². The van der Waals surface area contributed by atoms with Crippen LogP contribution in [-0.2, 0) is 20.1 Å². The van der Waals surface area contributed by atoms with Crippen molar-refractivity contribution in [3.63, 3.8) is 0 Å². The molecule has 0 aliphatic carbocycles. The average Bonchev–Trinajstić information content (AvgIpc) is 2.90. The van der Waals surface area contributed by atoms with Gasteiger partial charge in [-0.25, -0.2) is 0 Å². The molecule has 2 aromatic heterocycles. The van der Waals surface area contributed by atoms with E-state index in [1.54, 1.807) is 15.6 Å². The van der Waals surface area contributed by atoms with E-state index in [1.807, 2.05) is 27.0 Å². The van der Waals surface area contributed by atoms with E-state index in [-0.39, 0.29) is 5.91 Å². The number of halogens is 1. The lowest BCUT2D eigenvalue weighted by Gasteiger charge is -2.00. The Hall–Kier alpha value is -1.63. The van der Waals surface area contributed by atoms with E-state index in [9.17, 15) is 4.79 Å². The first kappa shape index (κ1) is 13.8. The first-order valence-electron chi connectivity index (χ1n) is 6.02. The second-order valence-corrected chi connectivity index (χ2v) is 5.12. The Kier molecular flexibility index (Phi) is 4.04. The summed E-state index contributed by atoms with van der Waals surface area (Å²) < 4.78 is 4.19. The average molecular weight is 326 g/mol. The molecule has 0 aromatic carbocycles. The van der Waals surface area contributed by atoms with Crippen LogP contribution >= 0.6 is 15.9 Å². The third-order valence-corrected chi connectivity index (χ3v) is 3.43. The predicted octanol–water partition coefficient (Wildman–Crippen LogP) is 1.64. The highest BCUT2D eigenvalue weighted by atomic mass is 79.9. The van der Waals surface area contributed by atoms with Crippen LogP contribution in [0, 0.1) is 6.92 Å². The minimum atomic E-state index is -0.206. The normalized spacial score (nSPS) is 10.7. The summed E-state index contributed by atoms with van der Waals surface area (Å²) >= 11 is 3.34. The van der Waals surface area contributed by atoms with E-state index >= 15 is 0 Å². The van der Waals surface area contributed by atoms with Crippen LogP contribution in [0.25, 0.3) is 0 Å². The molecule has 2 rings (SSSR count). The predicted molar refractivity (Wildman–Crippen MR) is 74.7 cm³/mol. The Morgan fingerprint density at radius 3 is 2.74 bits per heavy atom. The molecule has 0 aliphatic rings. The number of nitrogens with one attached hydrogen (secondary N) is 1. The molecule has 0 unspecified atom stereocenters. The number of hydrogen-bond donors (Lipinski definition) is 1. The van der Waals surface area contributed by atoms with Crippen LogP contribution < -0.4 is 5.32 Å². The Morgan fingerprint density at radius 2 is 2.21 bits per heavy atom. The molecule has 1 N–H and O–H groups in total. The summed E-state index contributed by atoms with van der Waals surface area (Å²) in [7, 11) is 1.88. The van der Waals surface area contributed by atoms with Crippen molar-refractivity contribution in [3.05, 3.63) is 33.8 Å². The number of hydrogen-bond acceptors (Lipinski definition) is 3. The molecule has 0 atom stereocenters. The fourth-order valence-corrected chi connectivity index (χ4v) is 2.18. The minimum Gasteiger partial charge on any atom is -0.345 e. The number of aryl methyl sites for hydroxylation is 3. The molecule has 0 aliphatic heterocycles. The van der Waals surface area contributed by atoms with Crippen LogP contribution in [-0.4, -0.2) is 25.5 Å². The molecule has 0 fully saturated rings. The lowest BCUT2D eigenvalue weighted by atomic mass is 10.3. The molecule has 19 heavy (non-hydrogen) atoms. The van der Waals surface area contributed by atoms with Crippen molar-refractivity contribution in [1.82, 2.24) is 24.9 Å². The summed E-state index contributed by atoms with van der Waals surface area (Å²) in [5.74, 6) is -0.206. The molecule has 102 valence electrons. The van der Waals surface area contributed by atoms with Crippen LogP contribution in [0.2, 0.25) is 0 Å². The van der Waals surface area contributed by atoms with Crippen molar-refractivity contribution in [2.45, 2.75) is 26.9 Å². The summed E-state index contributed by atoms with van der Waals surface area (Å²) in [6, 6.07) is 1.94. The van der Waals surface area contributed by atoms with Gasteiger partial charge >= 0.3 is 0 Å². The summed E-state index contributed by atoms with van der Waals surface area (Å²) in [5, 5.41) is 11.3. The molecule has 1 amide bonds. The van der Waals surface area contributed by atoms with Gasteiger partial charge in [-0.1, -0.05) is 0 Å². The lowest BCUT2D eigenvalue weighted by Crippen LogP contribution is -2.24. The molecule has 0 spiro atoms. The Bertz CT molecular complexity index is 582. The van der Waals surface area contributed by atoms with Gasteiger partial charge in [-0.3, -0.25) is 14.2 Å². The smallest absolute Gasteiger partial charge is 0.273 e. The van der Waals surface area contributed by atoms with Gasteiger partial charge in [0.05, 0.1) is 16.7 Å².